The molecule has 0 spiro atoms. The number of furan rings is 1. The molecule has 0 aliphatic carbocycles. The normalized spacial score (nSPS) is 20.5. The Morgan fingerprint density at radius 3 is 2.84 bits per heavy atom. The fraction of sp³-hybridized carbons (Fsp3) is 0.545. The second-order valence-electron chi connectivity index (χ2n) is 4.26. The minimum atomic E-state index is -3.66. The van der Waals surface area contributed by atoms with Gasteiger partial charge in [0, 0.05) is 13.1 Å². The molecule has 0 saturated carbocycles. The number of morpholine rings is 1. The van der Waals surface area contributed by atoms with E-state index in [1.807, 2.05) is 6.92 Å². The van der Waals surface area contributed by atoms with Crippen molar-refractivity contribution in [3.8, 4) is 0 Å². The molecule has 106 valence electrons. The number of nitrogens with one attached hydrogen (secondary N) is 1. The van der Waals surface area contributed by atoms with Crippen LogP contribution in [0.25, 0.3) is 0 Å². The molecule has 7 nitrogen and oxygen atoms in total. The molecular weight excluding hydrogens is 272 g/mol. The summed E-state index contributed by atoms with van der Waals surface area (Å²) in [5.74, 6) is -0.310. The highest BCUT2D eigenvalue weighted by atomic mass is 32.2. The smallest absolute Gasteiger partial charge is 0.289 e. The van der Waals surface area contributed by atoms with Crippen LogP contribution in [0.15, 0.2) is 21.6 Å². The Kier molecular flexibility index (Phi) is 3.93. The molecule has 1 amide bonds. The van der Waals surface area contributed by atoms with Crippen molar-refractivity contribution >= 4 is 15.9 Å². The van der Waals surface area contributed by atoms with Crippen molar-refractivity contribution in [3.05, 3.63) is 17.9 Å². The number of nitrogens with zero attached hydrogens (tertiary/aromatic N) is 1. The van der Waals surface area contributed by atoms with Gasteiger partial charge in [-0.1, -0.05) is 0 Å². The number of carbonyl (C=O) groups is 1. The lowest BCUT2D eigenvalue weighted by Gasteiger charge is -2.30. The molecule has 8 heteroatoms. The lowest BCUT2D eigenvalue weighted by atomic mass is 10.3. The highest BCUT2D eigenvalue weighted by Gasteiger charge is 2.26. The van der Waals surface area contributed by atoms with E-state index in [0.29, 0.717) is 19.7 Å². The van der Waals surface area contributed by atoms with Crippen molar-refractivity contribution in [3.63, 3.8) is 0 Å². The number of carbonyl (C=O) groups excluding carboxylic acids is 1. The second-order valence-corrected chi connectivity index (χ2v) is 6.08. The summed E-state index contributed by atoms with van der Waals surface area (Å²) in [5, 5.41) is -0.264. The predicted octanol–water partition coefficient (Wildman–Crippen LogP) is 0.0486. The molecule has 1 aliphatic rings. The Morgan fingerprint density at radius 2 is 2.21 bits per heavy atom. The number of hydrogen-bond acceptors (Lipinski definition) is 5. The van der Waals surface area contributed by atoms with Crippen LogP contribution >= 0.6 is 0 Å². The van der Waals surface area contributed by atoms with Crippen LogP contribution in [-0.2, 0) is 14.8 Å². The topological polar surface area (TPSA) is 88.9 Å². The van der Waals surface area contributed by atoms with Gasteiger partial charge < -0.3 is 14.1 Å². The molecule has 1 aromatic heterocycles. The summed E-state index contributed by atoms with van der Waals surface area (Å²) in [6, 6.07) is 2.63. The zero-order chi connectivity index (χ0) is 14.0. The van der Waals surface area contributed by atoms with E-state index in [1.54, 1.807) is 4.90 Å². The fourth-order valence-electron chi connectivity index (χ4n) is 1.84. The molecule has 0 aromatic carbocycles. The van der Waals surface area contributed by atoms with Crippen LogP contribution in [0.1, 0.15) is 17.5 Å². The van der Waals surface area contributed by atoms with Crippen LogP contribution < -0.4 is 4.72 Å². The molecule has 0 radical (unpaired) electrons. The fourth-order valence-corrected chi connectivity index (χ4v) is 2.49. The molecule has 1 atom stereocenters. The van der Waals surface area contributed by atoms with Crippen molar-refractivity contribution < 1.29 is 22.4 Å². The van der Waals surface area contributed by atoms with Crippen molar-refractivity contribution in [2.45, 2.75) is 18.1 Å². The predicted molar refractivity (Wildman–Crippen MR) is 66.3 cm³/mol. The number of rotatable bonds is 3. The molecule has 1 saturated heterocycles. The molecule has 0 bridgehead atoms. The SMILES string of the molecule is CNS(=O)(=O)c1ccc(C(=O)N2CCO[C@H](C)C2)o1. The zero-order valence-electron chi connectivity index (χ0n) is 10.8. The third kappa shape index (κ3) is 2.96. The molecule has 1 N–H and O–H groups in total. The van der Waals surface area contributed by atoms with E-state index in [4.69, 9.17) is 9.15 Å². The minimum Gasteiger partial charge on any atom is -0.438 e. The average molecular weight is 288 g/mol. The van der Waals surface area contributed by atoms with Crippen molar-refractivity contribution in [2.75, 3.05) is 26.7 Å². The first kappa shape index (κ1) is 14.0. The van der Waals surface area contributed by atoms with E-state index in [1.165, 1.54) is 19.2 Å². The Labute approximate surface area is 111 Å². The van der Waals surface area contributed by atoms with E-state index < -0.39 is 10.0 Å². The Bertz CT molecular complexity index is 565. The molecule has 1 aliphatic heterocycles. The molecule has 1 aromatic rings. The lowest BCUT2D eigenvalue weighted by Crippen LogP contribution is -2.44. The molecule has 19 heavy (non-hydrogen) atoms. The number of sulfonamides is 1. The maximum absolute atomic E-state index is 12.1. The second kappa shape index (κ2) is 5.32. The van der Waals surface area contributed by atoms with Crippen LogP contribution in [0.3, 0.4) is 0 Å². The summed E-state index contributed by atoms with van der Waals surface area (Å²) in [4.78, 5) is 13.7. The van der Waals surface area contributed by atoms with Crippen molar-refractivity contribution in [1.29, 1.82) is 0 Å². The van der Waals surface area contributed by atoms with E-state index >= 15 is 0 Å². The molecule has 0 unspecified atom stereocenters. The van der Waals surface area contributed by atoms with Gasteiger partial charge in [-0.15, -0.1) is 0 Å². The first-order chi connectivity index (χ1) is 8.94. The number of amides is 1. The van der Waals surface area contributed by atoms with Gasteiger partial charge in [0.15, 0.2) is 5.76 Å². The monoisotopic (exact) mass is 288 g/mol. The van der Waals surface area contributed by atoms with Crippen LogP contribution in [0, 0.1) is 0 Å². The summed E-state index contributed by atoms with van der Waals surface area (Å²) >= 11 is 0. The highest BCUT2D eigenvalue weighted by molar-refractivity contribution is 7.89. The van der Waals surface area contributed by atoms with E-state index in [0.717, 1.165) is 0 Å². The zero-order valence-corrected chi connectivity index (χ0v) is 11.6. The van der Waals surface area contributed by atoms with Gasteiger partial charge in [-0.05, 0) is 26.1 Å². The molecule has 1 fully saturated rings. The van der Waals surface area contributed by atoms with Crippen molar-refractivity contribution in [1.82, 2.24) is 9.62 Å². The van der Waals surface area contributed by atoms with Gasteiger partial charge in [-0.3, -0.25) is 4.79 Å². The van der Waals surface area contributed by atoms with Gasteiger partial charge in [-0.25, -0.2) is 13.1 Å². The molecular formula is C11H16N2O5S. The first-order valence-electron chi connectivity index (χ1n) is 5.88. The van der Waals surface area contributed by atoms with E-state index in [-0.39, 0.29) is 22.9 Å². The summed E-state index contributed by atoms with van der Waals surface area (Å²) in [6.45, 7) is 3.28. The van der Waals surface area contributed by atoms with Crippen molar-refractivity contribution in [2.24, 2.45) is 0 Å². The van der Waals surface area contributed by atoms with E-state index in [2.05, 4.69) is 4.72 Å². The van der Waals surface area contributed by atoms with Gasteiger partial charge in [0.25, 0.3) is 15.9 Å². The minimum absolute atomic E-state index is 0.0166. The first-order valence-corrected chi connectivity index (χ1v) is 7.36. The standard InChI is InChI=1S/C11H16N2O5S/c1-8-7-13(5-6-17-8)11(14)9-3-4-10(18-9)19(15,16)12-2/h3-4,8,12H,5-7H2,1-2H3/t8-/m1/s1. The van der Waals surface area contributed by atoms with Gasteiger partial charge in [0.1, 0.15) is 0 Å². The van der Waals surface area contributed by atoms with Gasteiger partial charge in [0.05, 0.1) is 12.7 Å². The van der Waals surface area contributed by atoms with Crippen LogP contribution in [0.5, 0.6) is 0 Å². The third-order valence-electron chi connectivity index (χ3n) is 2.85. The summed E-state index contributed by atoms with van der Waals surface area (Å²) in [7, 11) is -2.38. The summed E-state index contributed by atoms with van der Waals surface area (Å²) in [6.07, 6.45) is -0.0341. The van der Waals surface area contributed by atoms with Gasteiger partial charge >= 0.3 is 0 Å². The Morgan fingerprint density at radius 1 is 1.47 bits per heavy atom. The number of ether oxygens (including phenoxy) is 1. The Balaban J connectivity index is 2.16. The van der Waals surface area contributed by atoms with E-state index in [9.17, 15) is 13.2 Å². The summed E-state index contributed by atoms with van der Waals surface area (Å²) in [5.41, 5.74) is 0. The maximum atomic E-state index is 12.1. The maximum Gasteiger partial charge on any atom is 0.289 e. The number of hydrogen-bond donors (Lipinski definition) is 1. The summed E-state index contributed by atoms with van der Waals surface area (Å²) < 4.78 is 35.6. The highest BCUT2D eigenvalue weighted by Crippen LogP contribution is 2.16. The molecule has 2 rings (SSSR count). The van der Waals surface area contributed by atoms with Crippen LogP contribution in [0.4, 0.5) is 0 Å². The van der Waals surface area contributed by atoms with Gasteiger partial charge in [-0.2, -0.15) is 0 Å². The molecule has 2 heterocycles. The van der Waals surface area contributed by atoms with Crippen LogP contribution in [-0.4, -0.2) is 52.1 Å². The van der Waals surface area contributed by atoms with Gasteiger partial charge in [0.2, 0.25) is 5.09 Å². The quantitative estimate of drug-likeness (QED) is 0.849. The lowest BCUT2D eigenvalue weighted by molar-refractivity contribution is -0.0136. The average Bonchev–Trinajstić information content (AvgIpc) is 2.88. The largest absolute Gasteiger partial charge is 0.438 e. The Hall–Kier alpha value is -1.38. The third-order valence-corrected chi connectivity index (χ3v) is 4.14. The van der Waals surface area contributed by atoms with Crippen LogP contribution in [0.2, 0.25) is 0 Å².